The molecule has 1 aliphatic heterocycles. The zero-order valence-corrected chi connectivity index (χ0v) is 19.7. The van der Waals surface area contributed by atoms with Gasteiger partial charge in [-0.05, 0) is 50.2 Å². The van der Waals surface area contributed by atoms with Crippen molar-refractivity contribution < 1.29 is 4.39 Å². The second-order valence-corrected chi connectivity index (χ2v) is 7.25. The number of hydrogen-bond acceptors (Lipinski definition) is 3. The van der Waals surface area contributed by atoms with E-state index in [1.807, 2.05) is 18.2 Å². The molecular weight excluding hydrogens is 504 g/mol. The van der Waals surface area contributed by atoms with Crippen LogP contribution in [0.1, 0.15) is 30.1 Å². The molecule has 1 aliphatic rings. The Morgan fingerprint density at radius 2 is 2.00 bits per heavy atom. The van der Waals surface area contributed by atoms with Gasteiger partial charge >= 0.3 is 0 Å². The zero-order chi connectivity index (χ0) is 19.8. The molecule has 2 aromatic rings. The molecule has 1 aromatic heterocycles. The van der Waals surface area contributed by atoms with E-state index in [0.29, 0.717) is 29.6 Å². The summed E-state index contributed by atoms with van der Waals surface area (Å²) in [6.45, 7) is 3.14. The lowest BCUT2D eigenvalue weighted by Gasteiger charge is -2.29. The number of halogens is 3. The third-order valence-electron chi connectivity index (χ3n) is 5.00. The lowest BCUT2D eigenvalue weighted by Crippen LogP contribution is -2.43. The molecule has 2 N–H and O–H groups in total. The molecule has 1 unspecified atom stereocenters. The Bertz CT molecular complexity index is 764. The van der Waals surface area contributed by atoms with Gasteiger partial charge in [0.25, 0.3) is 0 Å². The molecule has 0 saturated carbocycles. The largest absolute Gasteiger partial charge is 0.356 e. The fourth-order valence-electron chi connectivity index (χ4n) is 3.56. The van der Waals surface area contributed by atoms with E-state index in [2.05, 4.69) is 25.5 Å². The van der Waals surface area contributed by atoms with E-state index in [9.17, 15) is 4.39 Å². The van der Waals surface area contributed by atoms with Gasteiger partial charge in [-0.25, -0.2) is 4.39 Å². The molecule has 1 atom stereocenters. The van der Waals surface area contributed by atoms with Gasteiger partial charge in [-0.15, -0.1) is 24.0 Å². The molecule has 1 aromatic carbocycles. The topological polar surface area (TPSA) is 52.6 Å². The molecule has 1 saturated heterocycles. The van der Waals surface area contributed by atoms with E-state index >= 15 is 0 Å². The van der Waals surface area contributed by atoms with Gasteiger partial charge in [-0.2, -0.15) is 0 Å². The Labute approximate surface area is 194 Å². The highest BCUT2D eigenvalue weighted by Gasteiger charge is 2.27. The van der Waals surface area contributed by atoms with Gasteiger partial charge in [0.2, 0.25) is 0 Å². The summed E-state index contributed by atoms with van der Waals surface area (Å²) in [5.41, 5.74) is 1.58. The van der Waals surface area contributed by atoms with Crippen molar-refractivity contribution in [1.82, 2.24) is 20.5 Å². The maximum Gasteiger partial charge on any atom is 0.191 e. The van der Waals surface area contributed by atoms with Crippen molar-refractivity contribution in [3.8, 4) is 0 Å². The van der Waals surface area contributed by atoms with E-state index in [-0.39, 0.29) is 35.8 Å². The summed E-state index contributed by atoms with van der Waals surface area (Å²) in [5.74, 6) is 0.428. The second-order valence-electron chi connectivity index (χ2n) is 6.85. The Kier molecular flexibility index (Phi) is 10.1. The van der Waals surface area contributed by atoms with Crippen LogP contribution in [0.4, 0.5) is 4.39 Å². The fourth-order valence-corrected chi connectivity index (χ4v) is 3.85. The molecule has 158 valence electrons. The van der Waals surface area contributed by atoms with Crippen molar-refractivity contribution >= 4 is 41.5 Å². The van der Waals surface area contributed by atoms with Crippen LogP contribution >= 0.6 is 35.6 Å². The van der Waals surface area contributed by atoms with Crippen molar-refractivity contribution in [3.63, 3.8) is 0 Å². The van der Waals surface area contributed by atoms with E-state index in [0.717, 1.165) is 38.0 Å². The minimum atomic E-state index is -0.260. The van der Waals surface area contributed by atoms with Crippen molar-refractivity contribution in [3.05, 3.63) is 64.7 Å². The van der Waals surface area contributed by atoms with Gasteiger partial charge in [0.1, 0.15) is 5.82 Å². The number of nitrogens with zero attached hydrogens (tertiary/aromatic N) is 3. The normalized spacial score (nSPS) is 15.6. The molecule has 0 amide bonds. The van der Waals surface area contributed by atoms with Gasteiger partial charge in [-0.3, -0.25) is 14.9 Å². The average molecular weight is 532 g/mol. The summed E-state index contributed by atoms with van der Waals surface area (Å²) in [5, 5.41) is 7.10. The summed E-state index contributed by atoms with van der Waals surface area (Å²) >= 11 is 6.36. The molecule has 8 heteroatoms. The molecule has 5 nitrogen and oxygen atoms in total. The van der Waals surface area contributed by atoms with Crippen LogP contribution in [-0.2, 0) is 6.42 Å². The second kappa shape index (κ2) is 12.3. The number of pyridine rings is 1. The number of hydrogen-bond donors (Lipinski definition) is 2. The van der Waals surface area contributed by atoms with Gasteiger partial charge in [0, 0.05) is 49.0 Å². The summed E-state index contributed by atoms with van der Waals surface area (Å²) in [4.78, 5) is 10.9. The van der Waals surface area contributed by atoms with E-state index in [1.54, 1.807) is 25.4 Å². The Morgan fingerprint density at radius 1 is 1.21 bits per heavy atom. The first-order chi connectivity index (χ1) is 13.7. The van der Waals surface area contributed by atoms with Crippen molar-refractivity contribution in [2.75, 3.05) is 33.2 Å². The molecule has 0 spiro atoms. The monoisotopic (exact) mass is 531 g/mol. The predicted octanol–water partition coefficient (Wildman–Crippen LogP) is 4.04. The van der Waals surface area contributed by atoms with Crippen LogP contribution in [0, 0.1) is 5.82 Å². The standard InChI is InChI=1S/C21H27ClFN5.HI/c1-24-21(26-12-10-16-7-2-3-11-25-16)27-15-19(28-13-4-5-14-28)20-17(22)8-6-9-18(20)23;/h2-3,6-9,11,19H,4-5,10,12-15H2,1H3,(H2,24,26,27);1H. The highest BCUT2D eigenvalue weighted by molar-refractivity contribution is 14.0. The van der Waals surface area contributed by atoms with Crippen LogP contribution in [0.25, 0.3) is 0 Å². The molecule has 0 bridgehead atoms. The third kappa shape index (κ3) is 6.79. The Hall–Kier alpha value is -1.45. The number of aromatic nitrogens is 1. The minimum absolute atomic E-state index is 0. The lowest BCUT2D eigenvalue weighted by atomic mass is 10.0. The number of rotatable bonds is 7. The predicted molar refractivity (Wildman–Crippen MR) is 128 cm³/mol. The smallest absolute Gasteiger partial charge is 0.191 e. The Morgan fingerprint density at radius 3 is 2.66 bits per heavy atom. The summed E-state index contributed by atoms with van der Waals surface area (Å²) < 4.78 is 14.6. The van der Waals surface area contributed by atoms with Crippen LogP contribution in [0.5, 0.6) is 0 Å². The van der Waals surface area contributed by atoms with E-state index in [1.165, 1.54) is 6.07 Å². The first-order valence-electron chi connectivity index (χ1n) is 9.71. The molecular formula is C21H28ClFIN5. The molecule has 2 heterocycles. The SMILES string of the molecule is CN=C(NCCc1ccccn1)NCC(c1c(F)cccc1Cl)N1CCCC1.I. The lowest BCUT2D eigenvalue weighted by molar-refractivity contribution is 0.240. The van der Waals surface area contributed by atoms with Crippen LogP contribution < -0.4 is 10.6 Å². The third-order valence-corrected chi connectivity index (χ3v) is 5.33. The van der Waals surface area contributed by atoms with Gasteiger partial charge in [-0.1, -0.05) is 23.7 Å². The molecule has 0 radical (unpaired) electrons. The van der Waals surface area contributed by atoms with Crippen LogP contribution in [0.15, 0.2) is 47.6 Å². The number of nitrogens with one attached hydrogen (secondary N) is 2. The maximum atomic E-state index is 14.6. The number of likely N-dealkylation sites (tertiary alicyclic amines) is 1. The highest BCUT2D eigenvalue weighted by atomic mass is 127. The van der Waals surface area contributed by atoms with Gasteiger partial charge in [0.15, 0.2) is 5.96 Å². The fraction of sp³-hybridized carbons (Fsp3) is 0.429. The van der Waals surface area contributed by atoms with Crippen LogP contribution in [0.2, 0.25) is 5.02 Å². The number of benzene rings is 1. The highest BCUT2D eigenvalue weighted by Crippen LogP contribution is 2.31. The average Bonchev–Trinajstić information content (AvgIpc) is 3.24. The molecule has 3 rings (SSSR count). The quantitative estimate of drug-likeness (QED) is 0.322. The van der Waals surface area contributed by atoms with Crippen LogP contribution in [0.3, 0.4) is 0 Å². The van der Waals surface area contributed by atoms with Crippen molar-refractivity contribution in [1.29, 1.82) is 0 Å². The van der Waals surface area contributed by atoms with Gasteiger partial charge < -0.3 is 10.6 Å². The first kappa shape index (κ1) is 23.8. The molecule has 1 fully saturated rings. The molecule has 29 heavy (non-hydrogen) atoms. The summed E-state index contributed by atoms with van der Waals surface area (Å²) in [7, 11) is 1.73. The van der Waals surface area contributed by atoms with E-state index in [4.69, 9.17) is 11.6 Å². The number of aliphatic imine (C=N–C) groups is 1. The summed E-state index contributed by atoms with van der Waals surface area (Å²) in [6, 6.07) is 10.6. The minimum Gasteiger partial charge on any atom is -0.356 e. The molecule has 0 aliphatic carbocycles. The maximum absolute atomic E-state index is 14.6. The Balaban J connectivity index is 0.00000300. The van der Waals surface area contributed by atoms with E-state index < -0.39 is 0 Å². The zero-order valence-electron chi connectivity index (χ0n) is 16.6. The van der Waals surface area contributed by atoms with Crippen LogP contribution in [-0.4, -0.2) is 49.1 Å². The van der Waals surface area contributed by atoms with Crippen molar-refractivity contribution in [2.45, 2.75) is 25.3 Å². The summed E-state index contributed by atoms with van der Waals surface area (Å²) in [6.07, 6.45) is 4.84. The van der Waals surface area contributed by atoms with Crippen molar-refractivity contribution in [2.24, 2.45) is 4.99 Å². The number of guanidine groups is 1. The first-order valence-corrected chi connectivity index (χ1v) is 10.1. The van der Waals surface area contributed by atoms with Gasteiger partial charge in [0.05, 0.1) is 6.04 Å².